The molecule has 44 heavy (non-hydrogen) atoms. The van der Waals surface area contributed by atoms with Crippen LogP contribution in [0, 0.1) is 12.8 Å². The first-order valence-electron chi connectivity index (χ1n) is 14.9. The molecule has 13 nitrogen and oxygen atoms in total. The van der Waals surface area contributed by atoms with Gasteiger partial charge in [0.25, 0.3) is 0 Å². The molecule has 2 saturated heterocycles. The second kappa shape index (κ2) is 15.5. The van der Waals surface area contributed by atoms with Crippen LogP contribution in [0.4, 0.5) is 5.82 Å². The SMILES string of the molecule is COCCOCCOCCOC(=O)c1cn(-c2nccs2)c2nc(N3CC(C(=O)NCC4CCCCO4)C3)cc(C)c2c1=O. The smallest absolute Gasteiger partial charge is 0.343 e. The second-order valence-corrected chi connectivity index (χ2v) is 11.6. The number of thiazole rings is 1. The minimum Gasteiger partial charge on any atom is -0.459 e. The molecule has 3 aromatic heterocycles. The van der Waals surface area contributed by atoms with E-state index in [1.54, 1.807) is 23.3 Å². The summed E-state index contributed by atoms with van der Waals surface area (Å²) in [4.78, 5) is 50.5. The number of hydrogen-bond acceptors (Lipinski definition) is 12. The number of aromatic nitrogens is 3. The molecule has 1 unspecified atom stereocenters. The third-order valence-corrected chi connectivity index (χ3v) is 8.38. The summed E-state index contributed by atoms with van der Waals surface area (Å²) < 4.78 is 28.4. The van der Waals surface area contributed by atoms with E-state index in [2.05, 4.69) is 10.3 Å². The molecule has 0 bridgehead atoms. The van der Waals surface area contributed by atoms with Crippen LogP contribution >= 0.6 is 11.3 Å². The number of pyridine rings is 2. The fourth-order valence-electron chi connectivity index (χ4n) is 5.16. The van der Waals surface area contributed by atoms with Crippen molar-refractivity contribution in [2.45, 2.75) is 32.3 Å². The molecule has 5 heterocycles. The standard InChI is InChI=1S/C30H39N5O8S/c1-20-15-24(34-17-21(18-34)28(37)32-16-22-5-3-4-7-42-22)33-27-25(20)26(36)23(19-35(27)30-31-6-14-44-30)29(38)43-13-12-41-11-10-40-9-8-39-2/h6,14-15,19,21-22H,3-5,7-13,16-18H2,1-2H3,(H,32,37). The van der Waals surface area contributed by atoms with Crippen LogP contribution in [-0.2, 0) is 28.5 Å². The van der Waals surface area contributed by atoms with Crippen LogP contribution in [0.2, 0.25) is 0 Å². The largest absolute Gasteiger partial charge is 0.459 e. The van der Waals surface area contributed by atoms with Crippen molar-refractivity contribution in [1.82, 2.24) is 19.9 Å². The molecule has 0 radical (unpaired) electrons. The van der Waals surface area contributed by atoms with E-state index in [0.717, 1.165) is 25.9 Å². The average molecular weight is 630 g/mol. The Hall–Kier alpha value is -3.43. The van der Waals surface area contributed by atoms with Gasteiger partial charge in [-0.3, -0.25) is 14.2 Å². The van der Waals surface area contributed by atoms with Gasteiger partial charge in [-0.05, 0) is 37.8 Å². The average Bonchev–Trinajstić information content (AvgIpc) is 3.54. The highest BCUT2D eigenvalue weighted by Crippen LogP contribution is 2.28. The highest BCUT2D eigenvalue weighted by molar-refractivity contribution is 7.12. The van der Waals surface area contributed by atoms with Crippen molar-refractivity contribution in [3.63, 3.8) is 0 Å². The van der Waals surface area contributed by atoms with Crippen molar-refractivity contribution in [3.05, 3.63) is 45.2 Å². The molecule has 5 rings (SSSR count). The van der Waals surface area contributed by atoms with Crippen LogP contribution in [0.3, 0.4) is 0 Å². The molecular weight excluding hydrogens is 590 g/mol. The lowest BCUT2D eigenvalue weighted by Crippen LogP contribution is -2.55. The molecule has 3 aromatic rings. The first-order chi connectivity index (χ1) is 21.5. The van der Waals surface area contributed by atoms with Crippen molar-refractivity contribution >= 4 is 40.1 Å². The fourth-order valence-corrected chi connectivity index (χ4v) is 5.78. The monoisotopic (exact) mass is 629 g/mol. The number of hydrogen-bond donors (Lipinski definition) is 1. The van der Waals surface area contributed by atoms with Gasteiger partial charge < -0.3 is 33.9 Å². The first-order valence-corrected chi connectivity index (χ1v) is 15.8. The molecule has 14 heteroatoms. The minimum absolute atomic E-state index is 0.0107. The van der Waals surface area contributed by atoms with Crippen LogP contribution in [0.5, 0.6) is 0 Å². The van der Waals surface area contributed by atoms with E-state index in [-0.39, 0.29) is 36.7 Å². The molecule has 2 aliphatic rings. The quantitative estimate of drug-likeness (QED) is 0.195. The summed E-state index contributed by atoms with van der Waals surface area (Å²) in [7, 11) is 1.60. The lowest BCUT2D eigenvalue weighted by atomic mass is 9.98. The van der Waals surface area contributed by atoms with Crippen LogP contribution in [0.15, 0.2) is 28.6 Å². The highest BCUT2D eigenvalue weighted by Gasteiger charge is 2.34. The maximum atomic E-state index is 13.6. The predicted octanol–water partition coefficient (Wildman–Crippen LogP) is 2.11. The number of carbonyl (C=O) groups excluding carboxylic acids is 2. The van der Waals surface area contributed by atoms with Gasteiger partial charge in [-0.15, -0.1) is 11.3 Å². The first kappa shape index (κ1) is 32.0. The van der Waals surface area contributed by atoms with E-state index in [9.17, 15) is 14.4 Å². The zero-order chi connectivity index (χ0) is 30.9. The molecule has 238 valence electrons. The van der Waals surface area contributed by atoms with Crippen molar-refractivity contribution in [2.24, 2.45) is 5.92 Å². The van der Waals surface area contributed by atoms with Crippen LogP contribution < -0.4 is 15.6 Å². The highest BCUT2D eigenvalue weighted by atomic mass is 32.1. The maximum absolute atomic E-state index is 13.6. The molecule has 2 aliphatic heterocycles. The zero-order valence-corrected chi connectivity index (χ0v) is 25.9. The molecule has 0 aliphatic carbocycles. The summed E-state index contributed by atoms with van der Waals surface area (Å²) in [5, 5.41) is 5.70. The van der Waals surface area contributed by atoms with Gasteiger partial charge in [0, 0.05) is 51.1 Å². The van der Waals surface area contributed by atoms with Gasteiger partial charge in [-0.1, -0.05) is 0 Å². The van der Waals surface area contributed by atoms with Crippen molar-refractivity contribution in [2.75, 3.05) is 77.9 Å². The van der Waals surface area contributed by atoms with E-state index in [4.69, 9.17) is 28.7 Å². The predicted molar refractivity (Wildman–Crippen MR) is 164 cm³/mol. The summed E-state index contributed by atoms with van der Waals surface area (Å²) >= 11 is 1.35. The molecule has 0 aromatic carbocycles. The fraction of sp³-hybridized carbons (Fsp3) is 0.567. The number of nitrogens with one attached hydrogen (secondary N) is 1. The Labute approximate surface area is 259 Å². The summed E-state index contributed by atoms with van der Waals surface area (Å²) in [6.07, 6.45) is 6.34. The Morgan fingerprint density at radius 1 is 1.11 bits per heavy atom. The summed E-state index contributed by atoms with van der Waals surface area (Å²) in [6, 6.07) is 1.82. The van der Waals surface area contributed by atoms with E-state index in [1.165, 1.54) is 17.5 Å². The number of aryl methyl sites for hydroxylation is 1. The number of ether oxygens (including phenoxy) is 5. The van der Waals surface area contributed by atoms with E-state index < -0.39 is 11.4 Å². The molecule has 1 amide bonds. The molecule has 2 fully saturated rings. The number of amides is 1. The molecule has 1 atom stereocenters. The number of anilines is 1. The Morgan fingerprint density at radius 3 is 2.59 bits per heavy atom. The minimum atomic E-state index is -0.749. The Morgan fingerprint density at radius 2 is 1.89 bits per heavy atom. The number of fused-ring (bicyclic) bond motifs is 1. The van der Waals surface area contributed by atoms with Crippen LogP contribution in [-0.4, -0.2) is 106 Å². The van der Waals surface area contributed by atoms with Crippen molar-refractivity contribution in [3.8, 4) is 5.13 Å². The molecule has 1 N–H and O–H groups in total. The number of carbonyl (C=O) groups is 2. The van der Waals surface area contributed by atoms with Crippen LogP contribution in [0.25, 0.3) is 16.2 Å². The van der Waals surface area contributed by atoms with E-state index in [0.29, 0.717) is 73.6 Å². The van der Waals surface area contributed by atoms with Crippen molar-refractivity contribution < 1.29 is 33.3 Å². The Kier molecular flexibility index (Phi) is 11.3. The van der Waals surface area contributed by atoms with Crippen molar-refractivity contribution in [1.29, 1.82) is 0 Å². The lowest BCUT2D eigenvalue weighted by Gasteiger charge is -2.39. The van der Waals surface area contributed by atoms with Crippen LogP contribution in [0.1, 0.15) is 35.2 Å². The Bertz CT molecular complexity index is 1470. The number of esters is 1. The molecular formula is C30H39N5O8S. The lowest BCUT2D eigenvalue weighted by molar-refractivity contribution is -0.126. The van der Waals surface area contributed by atoms with Gasteiger partial charge in [-0.25, -0.2) is 14.8 Å². The molecule has 0 spiro atoms. The van der Waals surface area contributed by atoms with E-state index >= 15 is 0 Å². The van der Waals surface area contributed by atoms with Gasteiger partial charge in [0.1, 0.15) is 18.0 Å². The number of rotatable bonds is 15. The van der Waals surface area contributed by atoms with E-state index in [1.807, 2.05) is 17.9 Å². The summed E-state index contributed by atoms with van der Waals surface area (Å²) in [5.41, 5.74) is 0.466. The van der Waals surface area contributed by atoms with Gasteiger partial charge in [0.15, 0.2) is 10.8 Å². The van der Waals surface area contributed by atoms with Gasteiger partial charge in [0.05, 0.1) is 50.4 Å². The third kappa shape index (κ3) is 7.80. The third-order valence-electron chi connectivity index (χ3n) is 7.61. The number of methoxy groups -OCH3 is 1. The molecule has 0 saturated carbocycles. The second-order valence-electron chi connectivity index (χ2n) is 10.7. The number of nitrogens with zero attached hydrogens (tertiary/aromatic N) is 4. The summed E-state index contributed by atoms with van der Waals surface area (Å²) in [6.45, 7) is 6.01. The topological polar surface area (TPSA) is 143 Å². The normalized spacial score (nSPS) is 17.0. The van der Waals surface area contributed by atoms with Gasteiger partial charge in [0.2, 0.25) is 11.3 Å². The zero-order valence-electron chi connectivity index (χ0n) is 25.1. The maximum Gasteiger partial charge on any atom is 0.343 e. The van der Waals surface area contributed by atoms with Gasteiger partial charge in [-0.2, -0.15) is 0 Å². The van der Waals surface area contributed by atoms with Gasteiger partial charge >= 0.3 is 5.97 Å². The Balaban J connectivity index is 1.25. The summed E-state index contributed by atoms with van der Waals surface area (Å²) in [5.74, 6) is -0.239.